The van der Waals surface area contributed by atoms with Crippen LogP contribution in [0.2, 0.25) is 0 Å². The fourth-order valence-electron chi connectivity index (χ4n) is 1.69. The van der Waals surface area contributed by atoms with E-state index >= 15 is 0 Å². The maximum atomic E-state index is 11.4. The number of aromatic nitrogens is 4. The number of nitrogens with one attached hydrogen (secondary N) is 1. The summed E-state index contributed by atoms with van der Waals surface area (Å²) in [6, 6.07) is 0. The van der Waals surface area contributed by atoms with Gasteiger partial charge in [-0.15, -0.1) is 31.8 Å². The summed E-state index contributed by atoms with van der Waals surface area (Å²) in [5, 5.41) is 19.3. The number of thioether (sulfide) groups is 1. The second-order valence-corrected chi connectivity index (χ2v) is 9.26. The van der Waals surface area contributed by atoms with E-state index < -0.39 is 11.3 Å². The number of nitrogens with zero attached hydrogens (tertiary/aromatic N) is 6. The Morgan fingerprint density at radius 1 is 1.39 bits per heavy atom. The Labute approximate surface area is 177 Å². The second kappa shape index (κ2) is 10.1. The molecule has 0 saturated heterocycles. The van der Waals surface area contributed by atoms with E-state index in [9.17, 15) is 9.00 Å². The number of anilines is 1. The lowest BCUT2D eigenvalue weighted by atomic mass is 10.5. The molecule has 3 heterocycles. The van der Waals surface area contributed by atoms with Gasteiger partial charge < -0.3 is 4.74 Å². The molecule has 3 rings (SSSR count). The van der Waals surface area contributed by atoms with Crippen molar-refractivity contribution in [1.29, 1.82) is 0 Å². The minimum Gasteiger partial charge on any atom is -0.465 e. The summed E-state index contributed by atoms with van der Waals surface area (Å²) in [4.78, 5) is 19.8. The second-order valence-electron chi connectivity index (χ2n) is 4.51. The van der Waals surface area contributed by atoms with Crippen molar-refractivity contribution in [2.75, 3.05) is 17.1 Å². The highest BCUT2D eigenvalue weighted by molar-refractivity contribution is 8.01. The van der Waals surface area contributed by atoms with Gasteiger partial charge >= 0.3 is 5.97 Å². The number of azo groups is 1. The highest BCUT2D eigenvalue weighted by Gasteiger charge is 2.16. The van der Waals surface area contributed by atoms with Gasteiger partial charge in [0.25, 0.3) is 16.4 Å². The molecule has 148 valence electrons. The zero-order chi connectivity index (χ0) is 19.9. The van der Waals surface area contributed by atoms with E-state index in [0.29, 0.717) is 31.8 Å². The van der Waals surface area contributed by atoms with Crippen LogP contribution in [0, 0.1) is 0 Å². The number of carbonyl (C=O) groups is 1. The Morgan fingerprint density at radius 2 is 2.25 bits per heavy atom. The standard InChI is InChI=1S/C12H11N7O4S5/c1-2-23-6(20)5-25-12-18-17-11(27-12)16-15-9-7(8-13-3-4-24-8)14-10(26-9)19-28(21)22/h3-4H,2,5H2,1H3,(H,14,19)(H,21,22). The fourth-order valence-corrected chi connectivity index (χ4v) is 5.06. The topological polar surface area (TPSA) is 152 Å². The number of esters is 1. The Morgan fingerprint density at radius 3 is 2.96 bits per heavy atom. The summed E-state index contributed by atoms with van der Waals surface area (Å²) >= 11 is 2.53. The van der Waals surface area contributed by atoms with E-state index in [1.165, 1.54) is 34.4 Å². The monoisotopic (exact) mass is 477 g/mol. The van der Waals surface area contributed by atoms with Gasteiger partial charge in [0.2, 0.25) is 0 Å². The molecule has 0 fully saturated rings. The van der Waals surface area contributed by atoms with Crippen LogP contribution in [0.3, 0.4) is 0 Å². The summed E-state index contributed by atoms with van der Waals surface area (Å²) in [5.74, 6) is -0.194. The predicted octanol–water partition coefficient (Wildman–Crippen LogP) is 3.74. The van der Waals surface area contributed by atoms with Gasteiger partial charge in [-0.1, -0.05) is 34.4 Å². The molecule has 3 aromatic heterocycles. The summed E-state index contributed by atoms with van der Waals surface area (Å²) < 4.78 is 27.7. The van der Waals surface area contributed by atoms with E-state index in [-0.39, 0.29) is 16.9 Å². The molecule has 11 nitrogen and oxygen atoms in total. The van der Waals surface area contributed by atoms with Crippen molar-refractivity contribution < 1.29 is 18.3 Å². The van der Waals surface area contributed by atoms with Crippen molar-refractivity contribution >= 4 is 78.3 Å². The summed E-state index contributed by atoms with van der Waals surface area (Å²) in [6.45, 7) is 2.07. The number of hydrogen-bond donors (Lipinski definition) is 2. The third-order valence-electron chi connectivity index (χ3n) is 2.66. The minimum atomic E-state index is -2.26. The van der Waals surface area contributed by atoms with Gasteiger partial charge in [-0.3, -0.25) is 14.1 Å². The van der Waals surface area contributed by atoms with E-state index in [4.69, 9.17) is 9.29 Å². The summed E-state index contributed by atoms with van der Waals surface area (Å²) in [6.07, 6.45) is 1.62. The lowest BCUT2D eigenvalue weighted by Crippen LogP contribution is -2.06. The molecule has 0 amide bonds. The van der Waals surface area contributed by atoms with Crippen molar-refractivity contribution in [2.45, 2.75) is 11.3 Å². The van der Waals surface area contributed by atoms with Crippen LogP contribution in [-0.2, 0) is 20.8 Å². The Hall–Kier alpha value is -1.85. The molecule has 0 aromatic carbocycles. The van der Waals surface area contributed by atoms with Gasteiger partial charge in [0.1, 0.15) is 10.7 Å². The molecule has 1 unspecified atom stereocenters. The van der Waals surface area contributed by atoms with Crippen molar-refractivity contribution in [2.24, 2.45) is 10.2 Å². The van der Waals surface area contributed by atoms with E-state index in [1.54, 1.807) is 18.5 Å². The number of carbonyl (C=O) groups excluding carboxylic acids is 1. The van der Waals surface area contributed by atoms with Crippen molar-refractivity contribution in [3.05, 3.63) is 11.6 Å². The summed E-state index contributed by atoms with van der Waals surface area (Å²) in [7, 11) is 0. The first-order valence-electron chi connectivity index (χ1n) is 7.37. The van der Waals surface area contributed by atoms with Crippen molar-refractivity contribution in [3.63, 3.8) is 0 Å². The largest absolute Gasteiger partial charge is 0.465 e. The van der Waals surface area contributed by atoms with Crippen LogP contribution in [0.1, 0.15) is 6.92 Å². The first kappa shape index (κ1) is 20.9. The van der Waals surface area contributed by atoms with E-state index in [2.05, 4.69) is 35.1 Å². The smallest absolute Gasteiger partial charge is 0.316 e. The highest BCUT2D eigenvalue weighted by Crippen LogP contribution is 2.40. The van der Waals surface area contributed by atoms with Crippen LogP contribution in [-0.4, -0.2) is 47.3 Å². The average Bonchev–Trinajstić information content (AvgIpc) is 3.38. The van der Waals surface area contributed by atoms with Gasteiger partial charge in [0.05, 0.1) is 12.4 Å². The quantitative estimate of drug-likeness (QED) is 0.203. The molecule has 0 radical (unpaired) electrons. The highest BCUT2D eigenvalue weighted by atomic mass is 32.2. The molecule has 0 saturated carbocycles. The van der Waals surface area contributed by atoms with Gasteiger partial charge in [-0.2, -0.15) is 0 Å². The van der Waals surface area contributed by atoms with Gasteiger partial charge in [-0.25, -0.2) is 14.2 Å². The van der Waals surface area contributed by atoms with Gasteiger partial charge in [0.15, 0.2) is 14.5 Å². The molecule has 2 N–H and O–H groups in total. The number of rotatable bonds is 9. The Bertz CT molecular complexity index is 987. The maximum Gasteiger partial charge on any atom is 0.316 e. The average molecular weight is 478 g/mol. The third kappa shape index (κ3) is 5.82. The lowest BCUT2D eigenvalue weighted by Gasteiger charge is -1.97. The SMILES string of the molecule is CCOC(=O)CSc1nnc(N=Nc2sc(NS(=O)O)nc2-c2nccs2)s1. The molecule has 1 atom stereocenters. The molecular weight excluding hydrogens is 467 g/mol. The van der Waals surface area contributed by atoms with Gasteiger partial charge in [-0.05, 0) is 6.92 Å². The first-order chi connectivity index (χ1) is 13.5. The molecule has 0 aliphatic heterocycles. The van der Waals surface area contributed by atoms with Crippen LogP contribution < -0.4 is 4.72 Å². The normalized spacial score (nSPS) is 12.4. The van der Waals surface area contributed by atoms with Crippen LogP contribution in [0.5, 0.6) is 0 Å². The van der Waals surface area contributed by atoms with Crippen LogP contribution >= 0.6 is 45.8 Å². The number of thiazole rings is 2. The van der Waals surface area contributed by atoms with E-state index in [0.717, 1.165) is 11.3 Å². The minimum absolute atomic E-state index is 0.135. The molecule has 16 heteroatoms. The summed E-state index contributed by atoms with van der Waals surface area (Å²) in [5.41, 5.74) is 0.443. The Kier molecular flexibility index (Phi) is 7.51. The van der Waals surface area contributed by atoms with Crippen LogP contribution in [0.4, 0.5) is 15.3 Å². The van der Waals surface area contributed by atoms with Crippen molar-refractivity contribution in [1.82, 2.24) is 20.2 Å². The molecular formula is C12H11N7O4S5. The Balaban J connectivity index is 1.74. The van der Waals surface area contributed by atoms with Gasteiger partial charge in [0, 0.05) is 11.6 Å². The van der Waals surface area contributed by atoms with Crippen LogP contribution in [0.15, 0.2) is 26.1 Å². The fraction of sp³-hybridized carbons (Fsp3) is 0.250. The molecule has 0 spiro atoms. The zero-order valence-electron chi connectivity index (χ0n) is 14.0. The zero-order valence-corrected chi connectivity index (χ0v) is 18.0. The maximum absolute atomic E-state index is 11.4. The third-order valence-corrected chi connectivity index (χ3v) is 6.71. The van der Waals surface area contributed by atoms with Crippen molar-refractivity contribution in [3.8, 4) is 10.7 Å². The molecule has 0 aliphatic carbocycles. The van der Waals surface area contributed by atoms with E-state index in [1.807, 2.05) is 0 Å². The number of ether oxygens (including phenoxy) is 1. The van der Waals surface area contributed by atoms with Crippen LogP contribution in [0.25, 0.3) is 10.7 Å². The molecule has 3 aromatic rings. The molecule has 0 aliphatic rings. The first-order valence-corrected chi connectivity index (χ1v) is 12.0. The number of hydrogen-bond acceptors (Lipinski definition) is 13. The predicted molar refractivity (Wildman–Crippen MR) is 109 cm³/mol. The molecule has 28 heavy (non-hydrogen) atoms. The lowest BCUT2D eigenvalue weighted by molar-refractivity contribution is -0.139. The molecule has 0 bridgehead atoms.